The number of piperidine rings is 1. The van der Waals surface area contributed by atoms with Crippen LogP contribution in [0.25, 0.3) is 0 Å². The van der Waals surface area contributed by atoms with Gasteiger partial charge in [-0.3, -0.25) is 4.79 Å². The highest BCUT2D eigenvalue weighted by molar-refractivity contribution is 7.89. The lowest BCUT2D eigenvalue weighted by atomic mass is 10.0. The van der Waals surface area contributed by atoms with Gasteiger partial charge in [-0.05, 0) is 43.9 Å². The van der Waals surface area contributed by atoms with Crippen LogP contribution in [-0.4, -0.2) is 45.4 Å². The first-order valence-corrected chi connectivity index (χ1v) is 9.33. The van der Waals surface area contributed by atoms with Crippen LogP contribution in [0.2, 0.25) is 0 Å². The summed E-state index contributed by atoms with van der Waals surface area (Å²) >= 11 is 0. The van der Waals surface area contributed by atoms with Crippen molar-refractivity contribution in [3.8, 4) is 5.75 Å². The summed E-state index contributed by atoms with van der Waals surface area (Å²) in [6, 6.07) is 4.52. The largest absolute Gasteiger partial charge is 0.492 e. The third-order valence-corrected chi connectivity index (χ3v) is 5.86. The molecule has 0 bridgehead atoms. The molecule has 2 rings (SSSR count). The molecular weight excluding hydrogens is 316 g/mol. The lowest BCUT2D eigenvalue weighted by Crippen LogP contribution is -2.39. The van der Waals surface area contributed by atoms with Crippen LogP contribution >= 0.6 is 0 Å². The fourth-order valence-corrected chi connectivity index (χ4v) is 4.53. The number of ether oxygens (including phenoxy) is 1. The first-order chi connectivity index (χ1) is 10.9. The molecule has 1 aliphatic rings. The zero-order valence-electron chi connectivity index (χ0n) is 13.8. The number of nitrogens with one attached hydrogen (secondary N) is 1. The summed E-state index contributed by atoms with van der Waals surface area (Å²) in [5, 5.41) is 2.51. The molecule has 1 aromatic rings. The van der Waals surface area contributed by atoms with E-state index in [2.05, 4.69) is 5.32 Å². The molecule has 0 saturated carbocycles. The Hall–Kier alpha value is -1.60. The zero-order valence-corrected chi connectivity index (χ0v) is 14.6. The van der Waals surface area contributed by atoms with E-state index in [4.69, 9.17) is 4.74 Å². The summed E-state index contributed by atoms with van der Waals surface area (Å²) in [7, 11) is -2.17. The number of sulfonamides is 1. The van der Waals surface area contributed by atoms with E-state index in [9.17, 15) is 13.2 Å². The highest BCUT2D eigenvalue weighted by Gasteiger charge is 2.31. The fraction of sp³-hybridized carbons (Fsp3) is 0.562. The van der Waals surface area contributed by atoms with Gasteiger partial charge in [-0.1, -0.05) is 6.92 Å². The third-order valence-electron chi connectivity index (χ3n) is 3.97. The molecule has 1 saturated heterocycles. The van der Waals surface area contributed by atoms with Crippen molar-refractivity contribution in [3.05, 3.63) is 23.8 Å². The van der Waals surface area contributed by atoms with E-state index in [1.54, 1.807) is 19.1 Å². The first-order valence-electron chi connectivity index (χ1n) is 7.89. The summed E-state index contributed by atoms with van der Waals surface area (Å²) in [6.45, 7) is 5.21. The highest BCUT2D eigenvalue weighted by Crippen LogP contribution is 2.30. The van der Waals surface area contributed by atoms with Gasteiger partial charge < -0.3 is 10.1 Å². The number of benzene rings is 1. The first kappa shape index (κ1) is 17.7. The molecule has 1 fully saturated rings. The lowest BCUT2D eigenvalue weighted by molar-refractivity contribution is 0.0963. The molecule has 7 heteroatoms. The van der Waals surface area contributed by atoms with Crippen LogP contribution in [0.5, 0.6) is 5.75 Å². The van der Waals surface area contributed by atoms with Gasteiger partial charge >= 0.3 is 0 Å². The van der Waals surface area contributed by atoms with Crippen LogP contribution in [-0.2, 0) is 10.0 Å². The Bertz CT molecular complexity index is 673. The normalized spacial score (nSPS) is 19.3. The van der Waals surface area contributed by atoms with E-state index in [-0.39, 0.29) is 10.8 Å². The number of amides is 1. The molecule has 1 heterocycles. The molecule has 1 unspecified atom stereocenters. The van der Waals surface area contributed by atoms with Crippen molar-refractivity contribution in [2.75, 3.05) is 26.7 Å². The number of nitrogens with zero attached hydrogens (tertiary/aromatic N) is 1. The van der Waals surface area contributed by atoms with Crippen LogP contribution in [0.1, 0.15) is 37.0 Å². The molecule has 6 nitrogen and oxygen atoms in total. The maximum atomic E-state index is 13.0. The van der Waals surface area contributed by atoms with Gasteiger partial charge in [0.15, 0.2) is 0 Å². The van der Waals surface area contributed by atoms with E-state index in [1.807, 2.05) is 6.92 Å². The number of hydrogen-bond acceptors (Lipinski definition) is 4. The third kappa shape index (κ3) is 3.84. The van der Waals surface area contributed by atoms with Crippen molar-refractivity contribution in [2.45, 2.75) is 31.6 Å². The maximum absolute atomic E-state index is 13.0. The quantitative estimate of drug-likeness (QED) is 0.888. The Morgan fingerprint density at radius 3 is 2.78 bits per heavy atom. The Morgan fingerprint density at radius 2 is 2.17 bits per heavy atom. The summed E-state index contributed by atoms with van der Waals surface area (Å²) < 4.78 is 33.0. The molecule has 1 aromatic carbocycles. The molecule has 1 N–H and O–H groups in total. The predicted molar refractivity (Wildman–Crippen MR) is 88.2 cm³/mol. The molecule has 1 atom stereocenters. The van der Waals surface area contributed by atoms with Gasteiger partial charge in [0.25, 0.3) is 5.91 Å². The van der Waals surface area contributed by atoms with Crippen molar-refractivity contribution in [1.29, 1.82) is 0 Å². The molecular formula is C16H24N2O4S. The smallest absolute Gasteiger partial charge is 0.251 e. The van der Waals surface area contributed by atoms with Gasteiger partial charge in [0.1, 0.15) is 10.6 Å². The summed E-state index contributed by atoms with van der Waals surface area (Å²) in [6.07, 6.45) is 1.88. The van der Waals surface area contributed by atoms with E-state index >= 15 is 0 Å². The van der Waals surface area contributed by atoms with Crippen molar-refractivity contribution < 1.29 is 17.9 Å². The Kier molecular flexibility index (Phi) is 5.64. The Balaban J connectivity index is 2.47. The van der Waals surface area contributed by atoms with E-state index < -0.39 is 10.0 Å². The van der Waals surface area contributed by atoms with Gasteiger partial charge in [0.05, 0.1) is 6.61 Å². The SMILES string of the molecule is CCOc1ccc(C(=O)NC)cc1S(=O)(=O)N1CCCC(C)C1. The Labute approximate surface area is 137 Å². The summed E-state index contributed by atoms with van der Waals surface area (Å²) in [5.74, 6) is 0.297. The maximum Gasteiger partial charge on any atom is 0.251 e. The lowest BCUT2D eigenvalue weighted by Gasteiger charge is -2.30. The predicted octanol–water partition coefficient (Wildman–Crippen LogP) is 1.87. The topological polar surface area (TPSA) is 75.7 Å². The number of carbonyl (C=O) groups excluding carboxylic acids is 1. The average molecular weight is 340 g/mol. The van der Waals surface area contributed by atoms with Crippen molar-refractivity contribution in [1.82, 2.24) is 9.62 Å². The number of rotatable bonds is 5. The minimum absolute atomic E-state index is 0.0644. The molecule has 128 valence electrons. The van der Waals surface area contributed by atoms with Gasteiger partial charge in [0.2, 0.25) is 10.0 Å². The molecule has 0 radical (unpaired) electrons. The Morgan fingerprint density at radius 1 is 1.43 bits per heavy atom. The second-order valence-electron chi connectivity index (χ2n) is 5.78. The van der Waals surface area contributed by atoms with Crippen LogP contribution in [0.3, 0.4) is 0 Å². The van der Waals surface area contributed by atoms with E-state index in [0.717, 1.165) is 12.8 Å². The van der Waals surface area contributed by atoms with Gasteiger partial charge in [-0.25, -0.2) is 8.42 Å². The van der Waals surface area contributed by atoms with Crippen LogP contribution in [0, 0.1) is 5.92 Å². The number of carbonyl (C=O) groups is 1. The molecule has 23 heavy (non-hydrogen) atoms. The summed E-state index contributed by atoms with van der Waals surface area (Å²) in [4.78, 5) is 11.9. The van der Waals surface area contributed by atoms with Crippen molar-refractivity contribution in [2.24, 2.45) is 5.92 Å². The van der Waals surface area contributed by atoms with Crippen LogP contribution in [0.4, 0.5) is 0 Å². The van der Waals surface area contributed by atoms with Gasteiger partial charge in [-0.15, -0.1) is 0 Å². The average Bonchev–Trinajstić information content (AvgIpc) is 2.54. The molecule has 0 aromatic heterocycles. The fourth-order valence-electron chi connectivity index (χ4n) is 2.77. The standard InChI is InChI=1S/C16H24N2O4S/c1-4-22-14-8-7-13(16(19)17-3)10-15(14)23(20,21)18-9-5-6-12(2)11-18/h7-8,10,12H,4-6,9,11H2,1-3H3,(H,17,19). The van der Waals surface area contributed by atoms with Gasteiger partial charge in [-0.2, -0.15) is 4.31 Å². The van der Waals surface area contributed by atoms with Crippen molar-refractivity contribution in [3.63, 3.8) is 0 Å². The number of hydrogen-bond donors (Lipinski definition) is 1. The van der Waals surface area contributed by atoms with Crippen molar-refractivity contribution >= 4 is 15.9 Å². The molecule has 0 aliphatic carbocycles. The van der Waals surface area contributed by atoms with E-state index in [0.29, 0.717) is 36.9 Å². The monoisotopic (exact) mass is 340 g/mol. The summed E-state index contributed by atoms with van der Waals surface area (Å²) in [5.41, 5.74) is 0.305. The second kappa shape index (κ2) is 7.31. The van der Waals surface area contributed by atoms with Crippen LogP contribution < -0.4 is 10.1 Å². The molecule has 1 amide bonds. The molecule has 0 spiro atoms. The molecule has 1 aliphatic heterocycles. The van der Waals surface area contributed by atoms with E-state index in [1.165, 1.54) is 17.4 Å². The highest BCUT2D eigenvalue weighted by atomic mass is 32.2. The van der Waals surface area contributed by atoms with Gasteiger partial charge in [0, 0.05) is 25.7 Å². The zero-order chi connectivity index (χ0) is 17.0. The van der Waals surface area contributed by atoms with Crippen LogP contribution in [0.15, 0.2) is 23.1 Å². The second-order valence-corrected chi connectivity index (χ2v) is 7.69. The minimum Gasteiger partial charge on any atom is -0.492 e. The minimum atomic E-state index is -3.68.